The zero-order valence-corrected chi connectivity index (χ0v) is 11.4. The Morgan fingerprint density at radius 3 is 2.20 bits per heavy atom. The molecule has 0 spiro atoms. The van der Waals surface area contributed by atoms with Crippen molar-refractivity contribution in [3.05, 3.63) is 16.7 Å². The average molecular weight is 226 g/mol. The summed E-state index contributed by atoms with van der Waals surface area (Å²) >= 11 is 5.34. The second-order valence-electron chi connectivity index (χ2n) is 5.59. The molecule has 0 fully saturated rings. The summed E-state index contributed by atoms with van der Waals surface area (Å²) in [6.45, 7) is 13.4. The van der Waals surface area contributed by atoms with Crippen LogP contribution in [0.3, 0.4) is 0 Å². The lowest BCUT2D eigenvalue weighted by molar-refractivity contribution is 0.254. The van der Waals surface area contributed by atoms with Crippen molar-refractivity contribution in [2.45, 2.75) is 53.5 Å². The molecule has 0 aliphatic heterocycles. The summed E-state index contributed by atoms with van der Waals surface area (Å²) in [6.07, 6.45) is 2.04. The van der Waals surface area contributed by atoms with Crippen LogP contribution in [0.5, 0.6) is 0 Å². The maximum absolute atomic E-state index is 5.34. The number of nitrogens with zero attached hydrogens (tertiary/aromatic N) is 1. The number of rotatable bonds is 2. The van der Waals surface area contributed by atoms with Crippen LogP contribution < -0.4 is 0 Å². The highest BCUT2D eigenvalue weighted by Gasteiger charge is 2.24. The van der Waals surface area contributed by atoms with Gasteiger partial charge < -0.3 is 9.55 Å². The van der Waals surface area contributed by atoms with E-state index >= 15 is 0 Å². The topological polar surface area (TPSA) is 20.7 Å². The number of aromatic amines is 1. The van der Waals surface area contributed by atoms with Gasteiger partial charge >= 0.3 is 0 Å². The lowest BCUT2D eigenvalue weighted by Gasteiger charge is -2.30. The molecule has 1 atom stereocenters. The molecule has 1 heterocycles. The van der Waals surface area contributed by atoms with E-state index in [1.807, 2.05) is 6.20 Å². The van der Waals surface area contributed by atoms with Crippen LogP contribution in [0.1, 0.15) is 59.2 Å². The predicted octanol–water partition coefficient (Wildman–Crippen LogP) is 4.28. The zero-order chi connectivity index (χ0) is 11.8. The van der Waals surface area contributed by atoms with Crippen LogP contribution in [-0.2, 0) is 0 Å². The van der Waals surface area contributed by atoms with Gasteiger partial charge in [-0.05, 0) is 30.5 Å². The molecule has 0 saturated heterocycles. The minimum absolute atomic E-state index is 0.226. The van der Waals surface area contributed by atoms with Crippen LogP contribution in [0.15, 0.2) is 6.20 Å². The first kappa shape index (κ1) is 12.5. The van der Waals surface area contributed by atoms with Crippen molar-refractivity contribution in [2.24, 2.45) is 5.41 Å². The van der Waals surface area contributed by atoms with Gasteiger partial charge in [0.25, 0.3) is 0 Å². The van der Waals surface area contributed by atoms with E-state index in [0.717, 1.165) is 4.77 Å². The van der Waals surface area contributed by atoms with Gasteiger partial charge in [-0.2, -0.15) is 0 Å². The predicted molar refractivity (Wildman–Crippen MR) is 67.9 cm³/mol. The smallest absolute Gasteiger partial charge is 0.177 e. The molecule has 86 valence electrons. The van der Waals surface area contributed by atoms with Crippen molar-refractivity contribution < 1.29 is 0 Å². The van der Waals surface area contributed by atoms with E-state index < -0.39 is 0 Å². The Bertz CT molecular complexity index is 379. The fraction of sp³-hybridized carbons (Fsp3) is 0.750. The van der Waals surface area contributed by atoms with E-state index in [9.17, 15) is 0 Å². The number of aromatic nitrogens is 2. The normalized spacial score (nSPS) is 14.6. The van der Waals surface area contributed by atoms with Crippen molar-refractivity contribution in [1.29, 1.82) is 0 Å². The highest BCUT2D eigenvalue weighted by molar-refractivity contribution is 7.71. The molecule has 0 radical (unpaired) electrons. The summed E-state index contributed by atoms with van der Waals surface area (Å²) in [5.41, 5.74) is 1.52. The molecule has 0 aliphatic carbocycles. The van der Waals surface area contributed by atoms with Crippen LogP contribution in [0.25, 0.3) is 0 Å². The summed E-state index contributed by atoms with van der Waals surface area (Å²) in [7, 11) is 0. The molecule has 0 saturated carbocycles. The molecule has 0 aromatic carbocycles. The number of imidazole rings is 1. The zero-order valence-electron chi connectivity index (χ0n) is 10.6. The number of nitrogens with one attached hydrogen (secondary N) is 1. The monoisotopic (exact) mass is 226 g/mol. The van der Waals surface area contributed by atoms with Crippen molar-refractivity contribution >= 4 is 12.2 Å². The van der Waals surface area contributed by atoms with E-state index in [2.05, 4.69) is 51.1 Å². The van der Waals surface area contributed by atoms with Gasteiger partial charge in [-0.25, -0.2) is 0 Å². The largest absolute Gasteiger partial charge is 0.337 e. The van der Waals surface area contributed by atoms with E-state index in [1.165, 1.54) is 5.69 Å². The summed E-state index contributed by atoms with van der Waals surface area (Å²) in [4.78, 5) is 3.15. The molecule has 1 unspecified atom stereocenters. The highest BCUT2D eigenvalue weighted by Crippen LogP contribution is 2.32. The Kier molecular flexibility index (Phi) is 3.44. The van der Waals surface area contributed by atoms with E-state index in [-0.39, 0.29) is 5.41 Å². The summed E-state index contributed by atoms with van der Waals surface area (Å²) < 4.78 is 3.08. The molecule has 1 N–H and O–H groups in total. The van der Waals surface area contributed by atoms with E-state index in [0.29, 0.717) is 12.0 Å². The van der Waals surface area contributed by atoms with Gasteiger partial charge in [0.15, 0.2) is 4.77 Å². The molecular weight excluding hydrogens is 204 g/mol. The Labute approximate surface area is 97.7 Å². The molecule has 3 heteroatoms. The molecule has 15 heavy (non-hydrogen) atoms. The van der Waals surface area contributed by atoms with Gasteiger partial charge in [0.1, 0.15) is 0 Å². The Balaban J connectivity index is 3.24. The van der Waals surface area contributed by atoms with Gasteiger partial charge in [0.05, 0.1) is 0 Å². The molecule has 1 aromatic rings. The summed E-state index contributed by atoms with van der Waals surface area (Å²) in [6, 6.07) is 0.411. The Morgan fingerprint density at radius 2 is 1.80 bits per heavy atom. The number of hydrogen-bond acceptors (Lipinski definition) is 1. The average Bonchev–Trinajstić information content (AvgIpc) is 2.44. The number of H-pyrrole nitrogens is 1. The quantitative estimate of drug-likeness (QED) is 0.747. The van der Waals surface area contributed by atoms with Gasteiger partial charge in [0.2, 0.25) is 0 Å². The van der Waals surface area contributed by atoms with Crippen LogP contribution in [0.4, 0.5) is 0 Å². The molecule has 1 rings (SSSR count). The lowest BCUT2D eigenvalue weighted by atomic mass is 9.87. The van der Waals surface area contributed by atoms with Crippen molar-refractivity contribution in [3.63, 3.8) is 0 Å². The van der Waals surface area contributed by atoms with Gasteiger partial charge in [-0.1, -0.05) is 34.6 Å². The standard InChI is InChI=1S/C12H22N2S/c1-8(2)10-7-13-11(15)14(10)9(3)12(4,5)6/h7-9H,1-6H3,(H,13,15). The minimum Gasteiger partial charge on any atom is -0.337 e. The van der Waals surface area contributed by atoms with Gasteiger partial charge in [-0.3, -0.25) is 0 Å². The van der Waals surface area contributed by atoms with Crippen molar-refractivity contribution in [2.75, 3.05) is 0 Å². The molecule has 0 aliphatic rings. The van der Waals surface area contributed by atoms with Gasteiger partial charge in [-0.15, -0.1) is 0 Å². The van der Waals surface area contributed by atoms with Gasteiger partial charge in [0, 0.05) is 17.9 Å². The van der Waals surface area contributed by atoms with Crippen LogP contribution in [0, 0.1) is 10.2 Å². The van der Waals surface area contributed by atoms with Crippen LogP contribution >= 0.6 is 12.2 Å². The SMILES string of the molecule is CC(C)c1c[nH]c(=S)n1C(C)C(C)(C)C. The fourth-order valence-corrected chi connectivity index (χ4v) is 1.95. The maximum Gasteiger partial charge on any atom is 0.177 e. The Morgan fingerprint density at radius 1 is 1.27 bits per heavy atom. The molecule has 2 nitrogen and oxygen atoms in total. The minimum atomic E-state index is 0.226. The summed E-state index contributed by atoms with van der Waals surface area (Å²) in [5.74, 6) is 0.503. The third-order valence-electron chi connectivity index (χ3n) is 3.07. The van der Waals surface area contributed by atoms with Crippen molar-refractivity contribution in [1.82, 2.24) is 9.55 Å². The Hall–Kier alpha value is -0.570. The summed E-state index contributed by atoms with van der Waals surface area (Å²) in [5, 5.41) is 0. The van der Waals surface area contributed by atoms with E-state index in [1.54, 1.807) is 0 Å². The van der Waals surface area contributed by atoms with Crippen LogP contribution in [0.2, 0.25) is 0 Å². The molecule has 0 bridgehead atoms. The van der Waals surface area contributed by atoms with Crippen molar-refractivity contribution in [3.8, 4) is 0 Å². The maximum atomic E-state index is 5.34. The fourth-order valence-electron chi connectivity index (χ4n) is 1.62. The third-order valence-corrected chi connectivity index (χ3v) is 3.39. The molecular formula is C12H22N2S. The second-order valence-corrected chi connectivity index (χ2v) is 5.97. The second kappa shape index (κ2) is 4.12. The molecule has 1 aromatic heterocycles. The first-order valence-corrected chi connectivity index (χ1v) is 5.95. The third kappa shape index (κ3) is 2.51. The van der Waals surface area contributed by atoms with E-state index in [4.69, 9.17) is 12.2 Å². The lowest BCUT2D eigenvalue weighted by Crippen LogP contribution is -2.23. The number of hydrogen-bond donors (Lipinski definition) is 1. The first-order chi connectivity index (χ1) is 6.75. The van der Waals surface area contributed by atoms with Crippen LogP contribution in [-0.4, -0.2) is 9.55 Å². The first-order valence-electron chi connectivity index (χ1n) is 5.55. The molecule has 0 amide bonds. The highest BCUT2D eigenvalue weighted by atomic mass is 32.1.